The van der Waals surface area contributed by atoms with E-state index in [1.807, 2.05) is 131 Å². The van der Waals surface area contributed by atoms with E-state index >= 15 is 0 Å². The minimum Gasteiger partial charge on any atom is -0.457 e. The molecule has 384 valence electrons. The largest absolute Gasteiger partial charge is 0.457 e. The molecule has 9 heterocycles. The number of allylic oxidation sites excluding steroid dienone is 1. The molecule has 2 aromatic carbocycles. The normalized spacial score (nSPS) is 13.9. The summed E-state index contributed by atoms with van der Waals surface area (Å²) in [6.07, 6.45) is 14.6. The molecule has 20 heteroatoms. The number of carbonyl (C=O) groups is 1. The third-order valence-corrected chi connectivity index (χ3v) is 13.2. The molecule has 1 fully saturated rings. The van der Waals surface area contributed by atoms with E-state index in [0.717, 1.165) is 70.4 Å². The molecule has 1 amide bonds. The third-order valence-electron chi connectivity index (χ3n) is 13.2. The quantitative estimate of drug-likeness (QED) is 0.0646. The number of anilines is 6. The van der Waals surface area contributed by atoms with Crippen molar-refractivity contribution in [2.24, 2.45) is 5.92 Å². The molecule has 0 spiro atoms. The van der Waals surface area contributed by atoms with Crippen molar-refractivity contribution in [3.8, 4) is 23.0 Å². The van der Waals surface area contributed by atoms with Crippen LogP contribution in [0.4, 0.5) is 34.6 Å². The fraction of sp³-hybridized carbons (Fsp3) is 0.268. The average Bonchev–Trinajstić information content (AvgIpc) is 4.08. The van der Waals surface area contributed by atoms with Crippen molar-refractivity contribution in [1.29, 1.82) is 0 Å². The number of benzene rings is 2. The summed E-state index contributed by atoms with van der Waals surface area (Å²) < 4.78 is 18.1. The molecule has 11 rings (SSSR count). The summed E-state index contributed by atoms with van der Waals surface area (Å²) in [5.41, 5.74) is 7.83. The smallest absolute Gasteiger partial charge is 0.308 e. The summed E-state index contributed by atoms with van der Waals surface area (Å²) >= 11 is 0. The van der Waals surface area contributed by atoms with Crippen molar-refractivity contribution in [2.75, 3.05) is 53.2 Å². The molecule has 0 unspecified atom stereocenters. The molecule has 0 bridgehead atoms. The van der Waals surface area contributed by atoms with Gasteiger partial charge in [0, 0.05) is 74.5 Å². The van der Waals surface area contributed by atoms with E-state index < -0.39 is 0 Å². The Morgan fingerprint density at radius 3 is 2.11 bits per heavy atom. The molecule has 0 saturated carbocycles. The van der Waals surface area contributed by atoms with E-state index in [0.29, 0.717) is 83.3 Å². The monoisotopic (exact) mass is 1020 g/mol. The lowest BCUT2D eigenvalue weighted by atomic mass is 10.1. The molecular weight excluding hydrogens is 959 g/mol. The number of hydrogen-bond acceptors (Lipinski definition) is 16. The van der Waals surface area contributed by atoms with E-state index in [1.165, 1.54) is 12.7 Å². The highest BCUT2D eigenvalue weighted by atomic mass is 16.5. The number of fused-ring (bicyclic) bond motifs is 4. The number of nitrogens with zero attached hydrogens (tertiary/aromatic N) is 15. The van der Waals surface area contributed by atoms with Gasteiger partial charge in [0.15, 0.2) is 17.3 Å². The number of rotatable bonds is 17. The topological polar surface area (TPSA) is 198 Å². The molecule has 0 aliphatic carbocycles. The van der Waals surface area contributed by atoms with Gasteiger partial charge in [-0.2, -0.15) is 5.10 Å². The molecule has 1 saturated heterocycles. The zero-order chi connectivity index (χ0) is 52.3. The first-order chi connectivity index (χ1) is 37.0. The maximum Gasteiger partial charge on any atom is 0.308 e. The Kier molecular flexibility index (Phi) is 13.7. The lowest BCUT2D eigenvalue weighted by molar-refractivity contribution is -0.752. The first-order valence-electron chi connectivity index (χ1n) is 25.5. The summed E-state index contributed by atoms with van der Waals surface area (Å²) in [6.45, 7) is 16.8. The van der Waals surface area contributed by atoms with E-state index in [-0.39, 0.29) is 11.9 Å². The molecular formula is C56H58N17O3+. The fourth-order valence-electron chi connectivity index (χ4n) is 9.48. The Morgan fingerprint density at radius 1 is 0.763 bits per heavy atom. The van der Waals surface area contributed by atoms with Crippen LogP contribution in [0.5, 0.6) is 23.0 Å². The van der Waals surface area contributed by atoms with Crippen LogP contribution in [0, 0.1) is 19.8 Å². The summed E-state index contributed by atoms with van der Waals surface area (Å²) in [6, 6.07) is 27.2. The number of pyridine rings is 4. The minimum absolute atomic E-state index is 0.0460. The number of piperazine rings is 1. The van der Waals surface area contributed by atoms with E-state index in [2.05, 4.69) is 83.1 Å². The zero-order valence-corrected chi connectivity index (χ0v) is 43.2. The zero-order valence-electron chi connectivity index (χ0n) is 43.2. The number of ether oxygens (including phenoxy) is 2. The number of aryl methyl sites for hydroxylation is 2. The van der Waals surface area contributed by atoms with Crippen molar-refractivity contribution in [2.45, 2.75) is 60.5 Å². The number of aromatic nitrogens is 12. The van der Waals surface area contributed by atoms with Crippen LogP contribution in [0.25, 0.3) is 33.4 Å². The number of amides is 1. The summed E-state index contributed by atoms with van der Waals surface area (Å²) in [5.74, 6) is 6.15. The molecule has 8 aromatic heterocycles. The lowest BCUT2D eigenvalue weighted by Crippen LogP contribution is -2.54. The number of carbonyl (C=O) groups excluding carboxylic acids is 1. The number of hydrogen-bond donors (Lipinski definition) is 2. The van der Waals surface area contributed by atoms with Gasteiger partial charge in [-0.15, -0.1) is 9.20 Å². The van der Waals surface area contributed by atoms with Gasteiger partial charge in [0.1, 0.15) is 71.2 Å². The summed E-state index contributed by atoms with van der Waals surface area (Å²) in [7, 11) is 0. The molecule has 0 radical (unpaired) electrons. The predicted molar refractivity (Wildman–Crippen MR) is 292 cm³/mol. The van der Waals surface area contributed by atoms with Crippen LogP contribution >= 0.6 is 0 Å². The maximum atomic E-state index is 13.6. The minimum atomic E-state index is -0.0612. The Balaban J connectivity index is 0.690. The van der Waals surface area contributed by atoms with Crippen molar-refractivity contribution >= 4 is 73.9 Å². The van der Waals surface area contributed by atoms with Gasteiger partial charge in [-0.05, 0) is 122 Å². The first kappa shape index (κ1) is 48.9. The van der Waals surface area contributed by atoms with Gasteiger partial charge in [-0.25, -0.2) is 39.4 Å². The van der Waals surface area contributed by atoms with Crippen molar-refractivity contribution in [3.63, 3.8) is 0 Å². The Labute approximate surface area is 438 Å². The second-order valence-electron chi connectivity index (χ2n) is 19.4. The Bertz CT molecular complexity index is 3780. The van der Waals surface area contributed by atoms with E-state index in [4.69, 9.17) is 19.4 Å². The van der Waals surface area contributed by atoms with Crippen molar-refractivity contribution in [1.82, 2.24) is 58.9 Å². The predicted octanol–water partition coefficient (Wildman–Crippen LogP) is 9.20. The molecule has 76 heavy (non-hydrogen) atoms. The summed E-state index contributed by atoms with van der Waals surface area (Å²) in [5, 5.41) is 11.1. The molecule has 2 N–H and O–H groups in total. The summed E-state index contributed by atoms with van der Waals surface area (Å²) in [4.78, 5) is 57.1. The van der Waals surface area contributed by atoms with Crippen LogP contribution in [0.2, 0.25) is 0 Å². The standard InChI is InChI=1S/C56H58N17O3/c1-7-20-68(30-36(2)3)48-16-12-44-53(66-48)55(60-32-57-44)64-41-11-15-47(38(5)27-41)76-43-19-23-73-51(29-43)62-35-70(73)21-8-9-52(74)71-25-24-69(31-39(71)6)49-17-13-45-54(67-49)56(61-33-58-45)65-40-10-14-46(37(4)26-40)75-42-18-22-72-50(28-42)59-34-63-72/h8-19,22-23,26-29,32-36,39H,7,20-21,24-25,30-31H2,1-6H3,(H,57,60,64)(H,58,61,65)/q+1/b9-8+/t39-/m0/s1. The third kappa shape index (κ3) is 10.5. The van der Waals surface area contributed by atoms with Gasteiger partial charge in [0.25, 0.3) is 5.65 Å². The van der Waals surface area contributed by atoms with Crippen LogP contribution < -0.4 is 34.6 Å². The first-order valence-corrected chi connectivity index (χ1v) is 25.5. The highest BCUT2D eigenvalue weighted by Crippen LogP contribution is 2.33. The second kappa shape index (κ2) is 21.3. The van der Waals surface area contributed by atoms with Gasteiger partial charge < -0.3 is 34.8 Å². The van der Waals surface area contributed by atoms with Gasteiger partial charge in [0.2, 0.25) is 5.91 Å². The van der Waals surface area contributed by atoms with Crippen LogP contribution in [0.3, 0.4) is 0 Å². The number of nitrogens with one attached hydrogen (secondary N) is 2. The van der Waals surface area contributed by atoms with Crippen LogP contribution in [0.1, 0.15) is 45.2 Å². The average molecular weight is 1020 g/mol. The van der Waals surface area contributed by atoms with Gasteiger partial charge in [0.05, 0.1) is 23.3 Å². The van der Waals surface area contributed by atoms with Gasteiger partial charge >= 0.3 is 6.33 Å². The second-order valence-corrected chi connectivity index (χ2v) is 19.4. The van der Waals surface area contributed by atoms with Gasteiger partial charge in [-0.3, -0.25) is 4.79 Å². The van der Waals surface area contributed by atoms with Crippen molar-refractivity contribution in [3.05, 3.63) is 146 Å². The molecule has 1 atom stereocenters. The van der Waals surface area contributed by atoms with Crippen molar-refractivity contribution < 1.29 is 19.0 Å². The van der Waals surface area contributed by atoms with E-state index in [1.54, 1.807) is 23.2 Å². The molecule has 10 aromatic rings. The highest BCUT2D eigenvalue weighted by molar-refractivity contribution is 5.90. The Hall–Kier alpha value is -9.33. The lowest BCUT2D eigenvalue weighted by Gasteiger charge is -2.40. The fourth-order valence-corrected chi connectivity index (χ4v) is 9.48. The van der Waals surface area contributed by atoms with Gasteiger partial charge in [-0.1, -0.05) is 20.8 Å². The van der Waals surface area contributed by atoms with E-state index in [9.17, 15) is 4.79 Å². The molecule has 1 aliphatic rings. The molecule has 1 aliphatic heterocycles. The Morgan fingerprint density at radius 2 is 1.43 bits per heavy atom. The highest BCUT2D eigenvalue weighted by Gasteiger charge is 2.28. The van der Waals surface area contributed by atoms with Crippen LogP contribution in [0.15, 0.2) is 135 Å². The maximum absolute atomic E-state index is 13.6. The van der Waals surface area contributed by atoms with Crippen LogP contribution in [-0.2, 0) is 11.3 Å². The SMILES string of the molecule is CCCN(CC(C)C)c1ccc2ncnc(Nc3ccc(Oc4ccn5c(c4)nc[n+]5C/C=C/C(=O)N4CCN(c5ccc6ncnc(Nc7ccc(Oc8ccn9ncnc9c8)c(C)c7)c6n5)C[C@@H]4C)c(C)c3)c2n1. The molecule has 20 nitrogen and oxygen atoms in total. The van der Waals surface area contributed by atoms with Crippen LogP contribution in [-0.4, -0.2) is 104 Å².